The minimum Gasteiger partial charge on any atom is -0.334 e. The summed E-state index contributed by atoms with van der Waals surface area (Å²) in [5.74, 6) is -0.499. The maximum atomic E-state index is 12.3. The van der Waals surface area contributed by atoms with Crippen LogP contribution in [0.5, 0.6) is 0 Å². The number of hydrogen-bond donors (Lipinski definition) is 1. The third kappa shape index (κ3) is 4.26. The summed E-state index contributed by atoms with van der Waals surface area (Å²) in [6.45, 7) is 3.14. The van der Waals surface area contributed by atoms with Crippen molar-refractivity contribution in [2.45, 2.75) is 0 Å². The molecule has 1 fully saturated rings. The first-order valence-corrected chi connectivity index (χ1v) is 7.47. The molecule has 1 aromatic rings. The largest absolute Gasteiger partial charge is 0.334 e. The van der Waals surface area contributed by atoms with Crippen LogP contribution in [0.1, 0.15) is 10.4 Å². The van der Waals surface area contributed by atoms with E-state index in [0.29, 0.717) is 13.1 Å². The third-order valence-electron chi connectivity index (χ3n) is 3.99. The fraction of sp³-hybridized carbons (Fsp3) is 0.467. The number of carbonyl (C=O) groups is 2. The minimum atomic E-state index is -0.547. The molecule has 0 bridgehead atoms. The number of nitro groups is 1. The number of nitro benzene ring substituents is 1. The number of likely N-dealkylation sites (N-methyl/N-ethyl adjacent to an activating group) is 2. The zero-order valence-electron chi connectivity index (χ0n) is 13.3. The molecule has 0 unspecified atom stereocenters. The first kappa shape index (κ1) is 16.9. The van der Waals surface area contributed by atoms with Gasteiger partial charge in [-0.15, -0.1) is 0 Å². The van der Waals surface area contributed by atoms with Gasteiger partial charge in [0.15, 0.2) is 0 Å². The van der Waals surface area contributed by atoms with Crippen LogP contribution in [0.15, 0.2) is 24.3 Å². The van der Waals surface area contributed by atoms with Crippen molar-refractivity contribution in [2.24, 2.45) is 0 Å². The Balaban J connectivity index is 1.98. The molecule has 8 heteroatoms. The van der Waals surface area contributed by atoms with E-state index in [2.05, 4.69) is 7.05 Å². The molecule has 8 nitrogen and oxygen atoms in total. The van der Waals surface area contributed by atoms with Crippen LogP contribution in [0.25, 0.3) is 0 Å². The molecule has 0 atom stereocenters. The van der Waals surface area contributed by atoms with Gasteiger partial charge in [0.25, 0.3) is 11.6 Å². The Hall–Kier alpha value is -2.48. The number of rotatable bonds is 4. The van der Waals surface area contributed by atoms with Crippen LogP contribution in [0.2, 0.25) is 0 Å². The predicted octanol–water partition coefficient (Wildman–Crippen LogP) is -0.976. The Morgan fingerprint density at radius 3 is 2.61 bits per heavy atom. The summed E-state index contributed by atoms with van der Waals surface area (Å²) in [6.07, 6.45) is 0. The summed E-state index contributed by atoms with van der Waals surface area (Å²) < 4.78 is 0. The van der Waals surface area contributed by atoms with E-state index >= 15 is 0 Å². The average molecular weight is 321 g/mol. The van der Waals surface area contributed by atoms with Crippen molar-refractivity contribution in [3.8, 4) is 0 Å². The molecule has 1 aromatic carbocycles. The van der Waals surface area contributed by atoms with Gasteiger partial charge in [0.2, 0.25) is 5.91 Å². The van der Waals surface area contributed by atoms with Crippen molar-refractivity contribution in [1.82, 2.24) is 9.80 Å². The number of quaternary nitrogens is 1. The zero-order chi connectivity index (χ0) is 17.0. The summed E-state index contributed by atoms with van der Waals surface area (Å²) in [5, 5.41) is 10.8. The zero-order valence-corrected chi connectivity index (χ0v) is 13.3. The van der Waals surface area contributed by atoms with Crippen LogP contribution in [0.3, 0.4) is 0 Å². The molecule has 0 aromatic heterocycles. The first-order chi connectivity index (χ1) is 10.9. The molecule has 124 valence electrons. The lowest BCUT2D eigenvalue weighted by Gasteiger charge is -2.31. The lowest BCUT2D eigenvalue weighted by molar-refractivity contribution is -0.883. The van der Waals surface area contributed by atoms with E-state index in [1.54, 1.807) is 4.90 Å². The van der Waals surface area contributed by atoms with E-state index in [1.807, 2.05) is 0 Å². The average Bonchev–Trinajstić information content (AvgIpc) is 2.54. The monoisotopic (exact) mass is 321 g/mol. The molecule has 1 aliphatic heterocycles. The van der Waals surface area contributed by atoms with E-state index in [4.69, 9.17) is 0 Å². The molecule has 2 rings (SSSR count). The van der Waals surface area contributed by atoms with Crippen molar-refractivity contribution in [1.29, 1.82) is 0 Å². The molecule has 0 aliphatic carbocycles. The third-order valence-corrected chi connectivity index (χ3v) is 3.99. The van der Waals surface area contributed by atoms with Crippen LogP contribution >= 0.6 is 0 Å². The lowest BCUT2D eigenvalue weighted by atomic mass is 10.2. The summed E-state index contributed by atoms with van der Waals surface area (Å²) in [4.78, 5) is 39.2. The van der Waals surface area contributed by atoms with Gasteiger partial charge >= 0.3 is 0 Å². The number of amides is 2. The van der Waals surface area contributed by atoms with Crippen LogP contribution in [-0.4, -0.2) is 73.4 Å². The Labute approximate surface area is 134 Å². The number of carbonyl (C=O) groups excluding carboxylic acids is 2. The molecular weight excluding hydrogens is 300 g/mol. The Morgan fingerprint density at radius 1 is 1.35 bits per heavy atom. The van der Waals surface area contributed by atoms with Crippen molar-refractivity contribution < 1.29 is 19.4 Å². The molecule has 1 saturated heterocycles. The van der Waals surface area contributed by atoms with Crippen molar-refractivity contribution in [3.05, 3.63) is 39.9 Å². The number of hydrogen-bond acceptors (Lipinski definition) is 4. The molecule has 1 aliphatic rings. The Bertz CT molecular complexity index is 611. The van der Waals surface area contributed by atoms with Crippen molar-refractivity contribution in [3.63, 3.8) is 0 Å². The Morgan fingerprint density at radius 2 is 2.00 bits per heavy atom. The van der Waals surface area contributed by atoms with Crippen molar-refractivity contribution >= 4 is 17.5 Å². The topological polar surface area (TPSA) is 88.2 Å². The fourth-order valence-electron chi connectivity index (χ4n) is 2.49. The quantitative estimate of drug-likeness (QED) is 0.570. The number of nitrogens with one attached hydrogen (secondary N) is 1. The van der Waals surface area contributed by atoms with E-state index < -0.39 is 10.8 Å². The highest BCUT2D eigenvalue weighted by molar-refractivity contribution is 5.96. The van der Waals surface area contributed by atoms with Crippen LogP contribution < -0.4 is 4.90 Å². The second-order valence-corrected chi connectivity index (χ2v) is 5.81. The SMILES string of the molecule is CN(CC(=O)N1CC[NH+](C)CC1)C(=O)c1cccc([N+](=O)[O-])c1. The summed E-state index contributed by atoms with van der Waals surface area (Å²) >= 11 is 0. The number of nitrogens with zero attached hydrogens (tertiary/aromatic N) is 3. The van der Waals surface area contributed by atoms with Crippen LogP contribution in [-0.2, 0) is 4.79 Å². The fourth-order valence-corrected chi connectivity index (χ4v) is 2.49. The highest BCUT2D eigenvalue weighted by Gasteiger charge is 2.24. The first-order valence-electron chi connectivity index (χ1n) is 7.47. The van der Waals surface area contributed by atoms with Gasteiger partial charge in [0.05, 0.1) is 44.7 Å². The molecule has 0 saturated carbocycles. The highest BCUT2D eigenvalue weighted by Crippen LogP contribution is 2.14. The number of benzene rings is 1. The Kier molecular flexibility index (Phi) is 5.28. The summed E-state index contributed by atoms with van der Waals surface area (Å²) in [5.41, 5.74) is 0.0648. The second-order valence-electron chi connectivity index (χ2n) is 5.81. The van der Waals surface area contributed by atoms with Gasteiger partial charge in [0.1, 0.15) is 0 Å². The van der Waals surface area contributed by atoms with E-state index in [9.17, 15) is 19.7 Å². The maximum Gasteiger partial charge on any atom is 0.270 e. The van der Waals surface area contributed by atoms with Gasteiger partial charge in [-0.05, 0) is 6.07 Å². The smallest absolute Gasteiger partial charge is 0.270 e. The van der Waals surface area contributed by atoms with E-state index in [1.165, 1.54) is 41.1 Å². The van der Waals surface area contributed by atoms with E-state index in [0.717, 1.165) is 13.1 Å². The van der Waals surface area contributed by atoms with Gasteiger partial charge in [-0.3, -0.25) is 19.7 Å². The van der Waals surface area contributed by atoms with Gasteiger partial charge in [0, 0.05) is 24.7 Å². The van der Waals surface area contributed by atoms with Gasteiger partial charge in [-0.2, -0.15) is 0 Å². The lowest BCUT2D eigenvalue weighted by Crippen LogP contribution is -3.12. The van der Waals surface area contributed by atoms with Gasteiger partial charge in [-0.25, -0.2) is 0 Å². The van der Waals surface area contributed by atoms with Crippen molar-refractivity contribution in [2.75, 3.05) is 46.8 Å². The molecule has 1 heterocycles. The molecule has 1 N–H and O–H groups in total. The number of non-ortho nitro benzene ring substituents is 1. The number of piperazine rings is 1. The predicted molar refractivity (Wildman–Crippen MR) is 83.3 cm³/mol. The molecule has 2 amide bonds. The van der Waals surface area contributed by atoms with Crippen LogP contribution in [0.4, 0.5) is 5.69 Å². The van der Waals surface area contributed by atoms with Gasteiger partial charge in [-0.1, -0.05) is 6.07 Å². The molecular formula is C15H21N4O4+. The summed E-state index contributed by atoms with van der Waals surface area (Å²) in [6, 6.07) is 5.52. The standard InChI is InChI=1S/C15H20N4O4/c1-16-6-8-18(9-7-16)14(20)11-17(2)15(21)12-4-3-5-13(10-12)19(22)23/h3-5,10H,6-9,11H2,1-2H3/p+1. The molecule has 0 radical (unpaired) electrons. The normalized spacial score (nSPS) is 15.3. The van der Waals surface area contributed by atoms with Crippen LogP contribution in [0, 0.1) is 10.1 Å². The minimum absolute atomic E-state index is 0.0272. The molecule has 23 heavy (non-hydrogen) atoms. The second kappa shape index (κ2) is 7.19. The molecule has 0 spiro atoms. The summed E-state index contributed by atoms with van der Waals surface area (Å²) in [7, 11) is 3.61. The van der Waals surface area contributed by atoms with E-state index in [-0.39, 0.29) is 23.7 Å². The maximum absolute atomic E-state index is 12.3. The highest BCUT2D eigenvalue weighted by atomic mass is 16.6. The van der Waals surface area contributed by atoms with Gasteiger partial charge < -0.3 is 14.7 Å².